The van der Waals surface area contributed by atoms with Crippen LogP contribution >= 0.6 is 0 Å². The van der Waals surface area contributed by atoms with E-state index in [1.54, 1.807) is 39.8 Å². The van der Waals surface area contributed by atoms with Crippen LogP contribution in [0.5, 0.6) is 0 Å². The molecule has 1 fully saturated rings. The van der Waals surface area contributed by atoms with E-state index in [1.165, 1.54) is 0 Å². The fourth-order valence-electron chi connectivity index (χ4n) is 3.35. The highest BCUT2D eigenvalue weighted by molar-refractivity contribution is 5.92. The minimum absolute atomic E-state index is 0.0197. The van der Waals surface area contributed by atoms with Crippen molar-refractivity contribution in [2.24, 2.45) is 7.05 Å². The zero-order valence-electron chi connectivity index (χ0n) is 15.7. The Kier molecular flexibility index (Phi) is 5.90. The second-order valence-corrected chi connectivity index (χ2v) is 7.10. The first-order chi connectivity index (χ1) is 12.9. The Hall–Kier alpha value is -2.68. The average molecular weight is 374 g/mol. The molecule has 1 unspecified atom stereocenters. The lowest BCUT2D eigenvalue weighted by atomic mass is 10.1. The molecule has 0 spiro atoms. The number of amides is 2. The molecule has 9 nitrogen and oxygen atoms in total. The molecule has 2 amide bonds. The number of aryl methyl sites for hydroxylation is 1. The Morgan fingerprint density at radius 1 is 1.41 bits per heavy atom. The Bertz CT molecular complexity index is 772. The highest BCUT2D eigenvalue weighted by Crippen LogP contribution is 2.17. The Labute approximate surface area is 158 Å². The maximum atomic E-state index is 12.6. The normalized spacial score (nSPS) is 21.5. The van der Waals surface area contributed by atoms with Gasteiger partial charge in [0.2, 0.25) is 5.91 Å². The Morgan fingerprint density at radius 2 is 2.22 bits per heavy atom. The van der Waals surface area contributed by atoms with E-state index in [0.717, 1.165) is 0 Å². The fourth-order valence-corrected chi connectivity index (χ4v) is 3.35. The molecular weight excluding hydrogens is 348 g/mol. The van der Waals surface area contributed by atoms with E-state index in [-0.39, 0.29) is 30.4 Å². The second kappa shape index (κ2) is 8.34. The summed E-state index contributed by atoms with van der Waals surface area (Å²) >= 11 is 0. The van der Waals surface area contributed by atoms with Gasteiger partial charge in [-0.15, -0.1) is 0 Å². The maximum Gasteiger partial charge on any atom is 0.271 e. The summed E-state index contributed by atoms with van der Waals surface area (Å²) in [4.78, 5) is 26.6. The summed E-state index contributed by atoms with van der Waals surface area (Å²) in [5.41, 5.74) is 0.345. The van der Waals surface area contributed by atoms with Crippen LogP contribution in [-0.2, 0) is 11.8 Å². The predicted molar refractivity (Wildman–Crippen MR) is 97.8 cm³/mol. The largest absolute Gasteiger partial charge is 0.391 e. The summed E-state index contributed by atoms with van der Waals surface area (Å²) in [5, 5.41) is 21.5. The van der Waals surface area contributed by atoms with Gasteiger partial charge in [-0.05, 0) is 31.9 Å². The van der Waals surface area contributed by atoms with E-state index in [0.29, 0.717) is 31.5 Å². The minimum Gasteiger partial charge on any atom is -0.391 e. The minimum atomic E-state index is -0.675. The molecule has 0 bridgehead atoms. The molecule has 2 aromatic rings. The summed E-state index contributed by atoms with van der Waals surface area (Å²) in [6.45, 7) is 2.71. The summed E-state index contributed by atoms with van der Waals surface area (Å²) in [6, 6.07) is 3.23. The molecule has 3 heterocycles. The first-order valence-corrected chi connectivity index (χ1v) is 9.18. The van der Waals surface area contributed by atoms with E-state index < -0.39 is 6.10 Å². The van der Waals surface area contributed by atoms with Crippen LogP contribution in [0.2, 0.25) is 0 Å². The van der Waals surface area contributed by atoms with Crippen LogP contribution in [0.25, 0.3) is 0 Å². The number of rotatable bonds is 5. The van der Waals surface area contributed by atoms with E-state index in [1.807, 2.05) is 19.2 Å². The van der Waals surface area contributed by atoms with Crippen molar-refractivity contribution in [3.05, 3.63) is 36.4 Å². The lowest BCUT2D eigenvalue weighted by molar-refractivity contribution is -0.133. The van der Waals surface area contributed by atoms with E-state index >= 15 is 0 Å². The van der Waals surface area contributed by atoms with E-state index in [9.17, 15) is 14.7 Å². The van der Waals surface area contributed by atoms with Gasteiger partial charge in [0.25, 0.3) is 5.91 Å². The molecule has 0 aromatic carbocycles. The molecule has 3 rings (SSSR count). The topological polar surface area (TPSA) is 105 Å². The molecule has 0 aliphatic carbocycles. The van der Waals surface area contributed by atoms with Crippen molar-refractivity contribution >= 4 is 11.8 Å². The molecular formula is C18H26N6O3. The predicted octanol–water partition coefficient (Wildman–Crippen LogP) is 0.350. The van der Waals surface area contributed by atoms with Gasteiger partial charge in [-0.25, -0.2) is 0 Å². The monoisotopic (exact) mass is 374 g/mol. The number of hydrogen-bond donors (Lipinski definition) is 2. The number of aromatic nitrogens is 4. The van der Waals surface area contributed by atoms with Gasteiger partial charge in [0.05, 0.1) is 12.1 Å². The van der Waals surface area contributed by atoms with E-state index in [4.69, 9.17) is 0 Å². The highest BCUT2D eigenvalue weighted by atomic mass is 16.3. The molecule has 2 aromatic heterocycles. The number of β-amino-alcohol motifs (C(OH)–C–C–N with tert-alkyl or cyclic N) is 1. The number of nitrogens with one attached hydrogen (secondary N) is 1. The first kappa shape index (κ1) is 19.1. The first-order valence-electron chi connectivity index (χ1n) is 9.18. The SMILES string of the molecule is CC(CC(=O)N1CC[C@H](NC(=O)c2ccn(C)n2)C[C@H](O)C1)n1cccn1. The van der Waals surface area contributed by atoms with Gasteiger partial charge in [-0.1, -0.05) is 0 Å². The summed E-state index contributed by atoms with van der Waals surface area (Å²) < 4.78 is 3.32. The molecule has 0 radical (unpaired) electrons. The van der Waals surface area contributed by atoms with Crippen molar-refractivity contribution in [2.75, 3.05) is 13.1 Å². The molecule has 9 heteroatoms. The molecule has 2 N–H and O–H groups in total. The number of carbonyl (C=O) groups excluding carboxylic acids is 2. The second-order valence-electron chi connectivity index (χ2n) is 7.10. The van der Waals surface area contributed by atoms with Crippen LogP contribution in [-0.4, -0.2) is 66.6 Å². The van der Waals surface area contributed by atoms with Gasteiger partial charge in [0.1, 0.15) is 5.69 Å². The highest BCUT2D eigenvalue weighted by Gasteiger charge is 2.28. The average Bonchev–Trinajstić information content (AvgIpc) is 3.26. The fraction of sp³-hybridized carbons (Fsp3) is 0.556. The molecule has 1 aliphatic rings. The smallest absolute Gasteiger partial charge is 0.271 e. The van der Waals surface area contributed by atoms with Gasteiger partial charge >= 0.3 is 0 Å². The number of aliphatic hydroxyl groups is 1. The molecule has 27 heavy (non-hydrogen) atoms. The van der Waals surface area contributed by atoms with Crippen LogP contribution in [0.1, 0.15) is 42.7 Å². The van der Waals surface area contributed by atoms with Crippen molar-refractivity contribution < 1.29 is 14.7 Å². The lowest BCUT2D eigenvalue weighted by Crippen LogP contribution is -2.37. The van der Waals surface area contributed by atoms with Crippen LogP contribution in [0.3, 0.4) is 0 Å². The number of carbonyl (C=O) groups is 2. The molecule has 146 valence electrons. The third-order valence-corrected chi connectivity index (χ3v) is 4.82. The van der Waals surface area contributed by atoms with Crippen molar-refractivity contribution in [1.29, 1.82) is 0 Å². The summed E-state index contributed by atoms with van der Waals surface area (Å²) in [6.07, 6.45) is 5.88. The quantitative estimate of drug-likeness (QED) is 0.786. The summed E-state index contributed by atoms with van der Waals surface area (Å²) in [7, 11) is 1.75. The molecule has 1 saturated heterocycles. The van der Waals surface area contributed by atoms with Gasteiger partial charge in [0.15, 0.2) is 0 Å². The molecule has 3 atom stereocenters. The number of aliphatic hydroxyl groups excluding tert-OH is 1. The number of likely N-dealkylation sites (tertiary alicyclic amines) is 1. The zero-order valence-corrected chi connectivity index (χ0v) is 15.7. The number of hydrogen-bond acceptors (Lipinski definition) is 5. The Balaban J connectivity index is 1.55. The van der Waals surface area contributed by atoms with Gasteiger partial charge in [-0.3, -0.25) is 19.0 Å². The molecule has 1 aliphatic heterocycles. The van der Waals surface area contributed by atoms with Gasteiger partial charge < -0.3 is 15.3 Å². The zero-order chi connectivity index (χ0) is 19.4. The van der Waals surface area contributed by atoms with Crippen LogP contribution in [0, 0.1) is 0 Å². The standard InChI is InChI=1S/C18H26N6O3/c1-13(24-7-3-6-19-24)10-17(26)23-9-4-14(11-15(25)12-23)20-18(27)16-5-8-22(2)21-16/h3,5-8,13-15,25H,4,9-12H2,1-2H3,(H,20,27)/t13?,14-,15-/m0/s1. The van der Waals surface area contributed by atoms with Crippen molar-refractivity contribution in [3.8, 4) is 0 Å². The van der Waals surface area contributed by atoms with Gasteiger partial charge in [-0.2, -0.15) is 10.2 Å². The van der Waals surface area contributed by atoms with Crippen molar-refractivity contribution in [2.45, 2.75) is 44.4 Å². The third kappa shape index (κ3) is 4.94. The van der Waals surface area contributed by atoms with Crippen molar-refractivity contribution in [3.63, 3.8) is 0 Å². The van der Waals surface area contributed by atoms with Crippen LogP contribution in [0.4, 0.5) is 0 Å². The van der Waals surface area contributed by atoms with E-state index in [2.05, 4.69) is 15.5 Å². The maximum absolute atomic E-state index is 12.6. The van der Waals surface area contributed by atoms with Crippen LogP contribution in [0.15, 0.2) is 30.7 Å². The number of nitrogens with zero attached hydrogens (tertiary/aromatic N) is 5. The summed E-state index contributed by atoms with van der Waals surface area (Å²) in [5.74, 6) is -0.284. The molecule has 0 saturated carbocycles. The van der Waals surface area contributed by atoms with Crippen molar-refractivity contribution in [1.82, 2.24) is 29.8 Å². The van der Waals surface area contributed by atoms with Gasteiger partial charge in [0, 0.05) is 51.2 Å². The third-order valence-electron chi connectivity index (χ3n) is 4.82. The van der Waals surface area contributed by atoms with Crippen LogP contribution < -0.4 is 5.32 Å². The lowest BCUT2D eigenvalue weighted by Gasteiger charge is -2.24. The Morgan fingerprint density at radius 3 is 2.89 bits per heavy atom.